The molecule has 0 N–H and O–H groups in total. The van der Waals surface area contributed by atoms with Crippen molar-refractivity contribution in [1.29, 1.82) is 0 Å². The van der Waals surface area contributed by atoms with Crippen LogP contribution in [0, 0.1) is 0 Å². The molecule has 4 heteroatoms. The first-order chi connectivity index (χ1) is 18.7. The molecule has 0 saturated carbocycles. The average molecular weight is 598 g/mol. The van der Waals surface area contributed by atoms with Crippen LogP contribution in [0.3, 0.4) is 0 Å². The van der Waals surface area contributed by atoms with E-state index in [0.29, 0.717) is 0 Å². The van der Waals surface area contributed by atoms with Gasteiger partial charge in [-0.05, 0) is 19.3 Å². The van der Waals surface area contributed by atoms with E-state index in [4.69, 9.17) is 9.47 Å². The third kappa shape index (κ3) is 7.57. The summed E-state index contributed by atoms with van der Waals surface area (Å²) in [5.41, 5.74) is 0. The Balaban J connectivity index is 1.26. The summed E-state index contributed by atoms with van der Waals surface area (Å²) in [6.45, 7) is 1.72. The number of hydrogen-bond acceptors (Lipinski definition) is 2. The van der Waals surface area contributed by atoms with Crippen molar-refractivity contribution in [3.63, 3.8) is 0 Å². The minimum absolute atomic E-state index is 0.0645. The summed E-state index contributed by atoms with van der Waals surface area (Å²) in [4.78, 5) is 0. The molecule has 0 aliphatic carbocycles. The Hall–Kier alpha value is -1.51. The van der Waals surface area contributed by atoms with Gasteiger partial charge in [-0.25, -0.2) is 0 Å². The van der Waals surface area contributed by atoms with Gasteiger partial charge in [-0.2, -0.15) is 0 Å². The fraction of sp³-hybridized carbons (Fsp3) is 0.471. The molecule has 1 fully saturated rings. The molecule has 1 atom stereocenters. The molecule has 0 amide bonds. The Bertz CT molecular complexity index is 938. The molecule has 1 heterocycles. The van der Waals surface area contributed by atoms with Crippen LogP contribution in [0.4, 0.5) is 0 Å². The molecule has 1 aliphatic heterocycles. The van der Waals surface area contributed by atoms with E-state index < -0.39 is 5.31 Å². The third-order valence-electron chi connectivity index (χ3n) is 8.05. The van der Waals surface area contributed by atoms with Crippen LogP contribution < -0.4 is 15.9 Å². The van der Waals surface area contributed by atoms with Gasteiger partial charge in [0.1, 0.15) is 0 Å². The van der Waals surface area contributed by atoms with Crippen LogP contribution in [-0.4, -0.2) is 25.7 Å². The van der Waals surface area contributed by atoms with Gasteiger partial charge in [-0.1, -0.05) is 0 Å². The molecule has 0 bridgehead atoms. The quantitative estimate of drug-likeness (QED) is 0.121. The molecule has 0 radical (unpaired) electrons. The van der Waals surface area contributed by atoms with Gasteiger partial charge in [0.2, 0.25) is 0 Å². The fourth-order valence-corrected chi connectivity index (χ4v) is 13.6. The summed E-state index contributed by atoms with van der Waals surface area (Å²) < 4.78 is 11.5. The summed E-state index contributed by atoms with van der Waals surface area (Å²) in [6, 6.07) is 33.6. The topological polar surface area (TPSA) is 18.5 Å². The predicted molar refractivity (Wildman–Crippen MR) is 170 cm³/mol. The zero-order chi connectivity index (χ0) is 26.4. The Labute approximate surface area is 239 Å². The van der Waals surface area contributed by atoms with Gasteiger partial charge in [-0.15, -0.1) is 0 Å². The van der Waals surface area contributed by atoms with E-state index in [1.54, 1.807) is 0 Å². The molecule has 4 rings (SSSR count). The van der Waals surface area contributed by atoms with Crippen molar-refractivity contribution in [1.82, 2.24) is 0 Å². The molecule has 3 aromatic rings. The normalized spacial score (nSPS) is 17.1. The van der Waals surface area contributed by atoms with Crippen LogP contribution in [0.5, 0.6) is 0 Å². The molecule has 1 aliphatic rings. The van der Waals surface area contributed by atoms with Gasteiger partial charge in [0.15, 0.2) is 6.29 Å². The summed E-state index contributed by atoms with van der Waals surface area (Å²) in [5.74, 6) is 0. The minimum atomic E-state index is -2.75. The van der Waals surface area contributed by atoms with E-state index >= 15 is 0 Å². The van der Waals surface area contributed by atoms with Crippen LogP contribution in [0.2, 0.25) is 0 Å². The maximum atomic E-state index is 5.86. The Kier molecular flexibility index (Phi) is 11.9. The van der Waals surface area contributed by atoms with Crippen molar-refractivity contribution in [3.05, 3.63) is 91.0 Å². The van der Waals surface area contributed by atoms with Crippen molar-refractivity contribution in [2.75, 3.05) is 19.4 Å². The van der Waals surface area contributed by atoms with Crippen LogP contribution >= 0.6 is 20.8 Å². The van der Waals surface area contributed by atoms with Crippen molar-refractivity contribution in [3.8, 4) is 0 Å². The van der Waals surface area contributed by atoms with Crippen molar-refractivity contribution >= 4 is 36.7 Å². The predicted octanol–water partition coefficient (Wildman–Crippen LogP) is 8.88. The average Bonchev–Trinajstić information content (AvgIpc) is 2.99. The molecule has 206 valence electrons. The number of benzene rings is 3. The first kappa shape index (κ1) is 29.5. The number of halogens is 1. The first-order valence-electron chi connectivity index (χ1n) is 14.8. The summed E-state index contributed by atoms with van der Waals surface area (Å²) in [5, 5.41) is 1.52. The van der Waals surface area contributed by atoms with Crippen LogP contribution in [-0.2, 0) is 9.47 Å². The van der Waals surface area contributed by atoms with E-state index in [2.05, 4.69) is 106 Å². The van der Waals surface area contributed by atoms with Crippen LogP contribution in [0.25, 0.3) is 0 Å². The second-order valence-electron chi connectivity index (χ2n) is 10.8. The summed E-state index contributed by atoms with van der Waals surface area (Å²) in [6.07, 6.45) is 16.3. The maximum absolute atomic E-state index is 5.86. The fourth-order valence-electron chi connectivity index (χ4n) is 5.86. The molecule has 0 aromatic heterocycles. The van der Waals surface area contributed by atoms with Gasteiger partial charge in [0.25, 0.3) is 0 Å². The van der Waals surface area contributed by atoms with Gasteiger partial charge in [0.05, 0.1) is 0 Å². The van der Waals surface area contributed by atoms with Gasteiger partial charge in [0, 0.05) is 6.61 Å². The standard InChI is InChI=1S/C34H46BrO2P/c35-38(31-21-11-8-12-22-31,32-23-13-9-14-24-32,33-25-15-10-16-26-33)30-20-7-5-3-1-2-4-6-18-28-36-34-27-17-19-29-37-34/h8-16,21-26,34H,1-7,17-20,27-30H2. The number of rotatable bonds is 16. The molecular weight excluding hydrogens is 551 g/mol. The van der Waals surface area contributed by atoms with E-state index in [1.807, 2.05) is 0 Å². The Morgan fingerprint density at radius 3 is 1.50 bits per heavy atom. The van der Waals surface area contributed by atoms with Crippen LogP contribution in [0.15, 0.2) is 91.0 Å². The zero-order valence-corrected chi connectivity index (χ0v) is 25.5. The van der Waals surface area contributed by atoms with E-state index in [9.17, 15) is 0 Å². The number of unbranched alkanes of at least 4 members (excludes halogenated alkanes) is 8. The van der Waals surface area contributed by atoms with Crippen molar-refractivity contribution < 1.29 is 9.47 Å². The molecule has 38 heavy (non-hydrogen) atoms. The number of ether oxygens (including phenoxy) is 2. The molecule has 1 saturated heterocycles. The molecule has 2 nitrogen and oxygen atoms in total. The Morgan fingerprint density at radius 2 is 1.05 bits per heavy atom. The van der Waals surface area contributed by atoms with Gasteiger partial charge < -0.3 is 4.74 Å². The van der Waals surface area contributed by atoms with E-state index in [0.717, 1.165) is 32.2 Å². The monoisotopic (exact) mass is 596 g/mol. The van der Waals surface area contributed by atoms with Gasteiger partial charge >= 0.3 is 203 Å². The van der Waals surface area contributed by atoms with E-state index in [-0.39, 0.29) is 6.29 Å². The third-order valence-corrected chi connectivity index (χ3v) is 18.1. The van der Waals surface area contributed by atoms with Gasteiger partial charge in [-0.3, -0.25) is 0 Å². The summed E-state index contributed by atoms with van der Waals surface area (Å²) in [7, 11) is 0. The Morgan fingerprint density at radius 1 is 0.605 bits per heavy atom. The number of hydrogen-bond donors (Lipinski definition) is 0. The molecule has 3 aromatic carbocycles. The van der Waals surface area contributed by atoms with Crippen molar-refractivity contribution in [2.24, 2.45) is 0 Å². The summed E-state index contributed by atoms with van der Waals surface area (Å²) >= 11 is 4.58. The first-order valence-corrected chi connectivity index (χ1v) is 19.3. The van der Waals surface area contributed by atoms with E-state index in [1.165, 1.54) is 80.1 Å². The SMILES string of the molecule is BrP(CCCCCCCCCCCOC1CCCCO1)(c1ccccc1)(c1ccccc1)c1ccccc1. The van der Waals surface area contributed by atoms with Crippen LogP contribution in [0.1, 0.15) is 77.0 Å². The molecule has 0 spiro atoms. The molecule has 1 unspecified atom stereocenters. The second kappa shape index (κ2) is 15.3. The van der Waals surface area contributed by atoms with Crippen molar-refractivity contribution in [2.45, 2.75) is 83.3 Å². The zero-order valence-electron chi connectivity index (χ0n) is 23.0. The second-order valence-corrected chi connectivity index (χ2v) is 19.8. The molecular formula is C34H46BrO2P.